The first-order valence-corrected chi connectivity index (χ1v) is 4.22. The molecule has 0 aliphatic rings. The summed E-state index contributed by atoms with van der Waals surface area (Å²) in [6.07, 6.45) is 5.95. The van der Waals surface area contributed by atoms with Crippen LogP contribution in [0.1, 0.15) is 5.56 Å². The van der Waals surface area contributed by atoms with Gasteiger partial charge in [-0.05, 0) is 30.7 Å². The molecule has 0 aromatic heterocycles. The molecule has 0 atom stereocenters. The number of nitrogens with two attached hydrogens (primary N) is 1. The minimum absolute atomic E-state index is 0.312. The van der Waals surface area contributed by atoms with Crippen molar-refractivity contribution in [1.82, 2.24) is 0 Å². The zero-order valence-electron chi connectivity index (χ0n) is 7.49. The largest absolute Gasteiger partial charge is 0.481 e. The zero-order valence-corrected chi connectivity index (χ0v) is 7.49. The van der Waals surface area contributed by atoms with E-state index >= 15 is 0 Å². The van der Waals surface area contributed by atoms with Crippen LogP contribution in [-0.4, -0.2) is 13.2 Å². The van der Waals surface area contributed by atoms with Gasteiger partial charge in [-0.25, -0.2) is 0 Å². The molecule has 0 aliphatic carbocycles. The molecule has 2 heteroatoms. The summed E-state index contributed by atoms with van der Waals surface area (Å²) in [7, 11) is 0. The summed E-state index contributed by atoms with van der Waals surface area (Å²) in [6, 6.07) is 7.81. The van der Waals surface area contributed by atoms with E-state index in [0.29, 0.717) is 13.2 Å². The van der Waals surface area contributed by atoms with Crippen LogP contribution in [0.25, 0.3) is 0 Å². The van der Waals surface area contributed by atoms with E-state index in [1.54, 1.807) is 0 Å². The molecule has 1 aromatic rings. The molecule has 0 unspecified atom stereocenters. The molecular formula is C11H13NO. The van der Waals surface area contributed by atoms with Gasteiger partial charge < -0.3 is 10.5 Å². The fraction of sp³-hybridized carbons (Fsp3) is 0.273. The maximum absolute atomic E-state index is 5.44. The van der Waals surface area contributed by atoms with Gasteiger partial charge in [0.1, 0.15) is 12.4 Å². The standard InChI is InChI=1S/C11H13NO/c1-2-8-13-11-5-3-4-10(9-11)6-7-12/h1,3-5,9H,6-8,12H2. The van der Waals surface area contributed by atoms with Crippen molar-refractivity contribution in [2.75, 3.05) is 13.2 Å². The van der Waals surface area contributed by atoms with Crippen molar-refractivity contribution in [2.45, 2.75) is 6.42 Å². The van der Waals surface area contributed by atoms with Gasteiger partial charge in [0.15, 0.2) is 0 Å². The van der Waals surface area contributed by atoms with Crippen LogP contribution in [-0.2, 0) is 6.42 Å². The van der Waals surface area contributed by atoms with E-state index in [2.05, 4.69) is 5.92 Å². The highest BCUT2D eigenvalue weighted by Crippen LogP contribution is 2.12. The summed E-state index contributed by atoms with van der Waals surface area (Å²) in [5, 5.41) is 0. The summed E-state index contributed by atoms with van der Waals surface area (Å²) in [5.41, 5.74) is 6.62. The predicted molar refractivity (Wildman–Crippen MR) is 53.5 cm³/mol. The SMILES string of the molecule is C#CCOc1cccc(CCN)c1. The molecule has 0 spiro atoms. The smallest absolute Gasteiger partial charge is 0.148 e. The number of hydrogen-bond donors (Lipinski definition) is 1. The van der Waals surface area contributed by atoms with E-state index in [0.717, 1.165) is 12.2 Å². The summed E-state index contributed by atoms with van der Waals surface area (Å²) in [6.45, 7) is 0.963. The van der Waals surface area contributed by atoms with Crippen LogP contribution in [0.3, 0.4) is 0 Å². The van der Waals surface area contributed by atoms with Crippen LogP contribution in [0.4, 0.5) is 0 Å². The Labute approximate surface area is 78.7 Å². The van der Waals surface area contributed by atoms with Crippen molar-refractivity contribution in [3.8, 4) is 18.1 Å². The van der Waals surface area contributed by atoms with Crippen LogP contribution < -0.4 is 10.5 Å². The molecule has 0 radical (unpaired) electrons. The summed E-state index contributed by atoms with van der Waals surface area (Å²) in [4.78, 5) is 0. The molecule has 1 aromatic carbocycles. The third-order valence-corrected chi connectivity index (χ3v) is 1.65. The molecule has 1 rings (SSSR count). The molecule has 2 nitrogen and oxygen atoms in total. The lowest BCUT2D eigenvalue weighted by Gasteiger charge is -2.04. The first-order chi connectivity index (χ1) is 6.36. The molecule has 0 heterocycles. The van der Waals surface area contributed by atoms with Crippen molar-refractivity contribution < 1.29 is 4.74 Å². The van der Waals surface area contributed by atoms with E-state index < -0.39 is 0 Å². The van der Waals surface area contributed by atoms with E-state index in [1.165, 1.54) is 5.56 Å². The highest BCUT2D eigenvalue weighted by Gasteiger charge is 1.94. The topological polar surface area (TPSA) is 35.2 Å². The molecular weight excluding hydrogens is 162 g/mol. The number of terminal acetylenes is 1. The second-order valence-electron chi connectivity index (χ2n) is 2.68. The molecule has 68 valence electrons. The maximum atomic E-state index is 5.44. The van der Waals surface area contributed by atoms with Crippen molar-refractivity contribution >= 4 is 0 Å². The van der Waals surface area contributed by atoms with Gasteiger partial charge in [-0.15, -0.1) is 6.42 Å². The molecule has 2 N–H and O–H groups in total. The van der Waals surface area contributed by atoms with Crippen LogP contribution in [0.15, 0.2) is 24.3 Å². The Morgan fingerprint density at radius 3 is 3.00 bits per heavy atom. The fourth-order valence-corrected chi connectivity index (χ4v) is 1.08. The lowest BCUT2D eigenvalue weighted by molar-refractivity contribution is 0.370. The first-order valence-electron chi connectivity index (χ1n) is 4.22. The molecule has 0 saturated carbocycles. The van der Waals surface area contributed by atoms with Gasteiger partial charge in [-0.1, -0.05) is 18.1 Å². The minimum atomic E-state index is 0.312. The molecule has 0 amide bonds. The van der Waals surface area contributed by atoms with Crippen molar-refractivity contribution in [1.29, 1.82) is 0 Å². The third-order valence-electron chi connectivity index (χ3n) is 1.65. The normalized spacial score (nSPS) is 9.23. The molecule has 0 saturated heterocycles. The van der Waals surface area contributed by atoms with Gasteiger partial charge in [0, 0.05) is 0 Å². The highest BCUT2D eigenvalue weighted by atomic mass is 16.5. The average molecular weight is 175 g/mol. The van der Waals surface area contributed by atoms with Crippen molar-refractivity contribution in [3.05, 3.63) is 29.8 Å². The van der Waals surface area contributed by atoms with E-state index in [1.807, 2.05) is 24.3 Å². The monoisotopic (exact) mass is 175 g/mol. The first kappa shape index (κ1) is 9.63. The maximum Gasteiger partial charge on any atom is 0.148 e. The minimum Gasteiger partial charge on any atom is -0.481 e. The van der Waals surface area contributed by atoms with Crippen molar-refractivity contribution in [3.63, 3.8) is 0 Å². The van der Waals surface area contributed by atoms with Crippen LogP contribution in [0.5, 0.6) is 5.75 Å². The Balaban J connectivity index is 2.63. The Kier molecular flexibility index (Phi) is 3.87. The Morgan fingerprint density at radius 1 is 1.46 bits per heavy atom. The molecule has 0 aliphatic heterocycles. The Hall–Kier alpha value is -1.46. The van der Waals surface area contributed by atoms with E-state index in [4.69, 9.17) is 16.9 Å². The quantitative estimate of drug-likeness (QED) is 0.698. The Morgan fingerprint density at radius 2 is 2.31 bits per heavy atom. The van der Waals surface area contributed by atoms with Gasteiger partial charge in [0.25, 0.3) is 0 Å². The van der Waals surface area contributed by atoms with Crippen molar-refractivity contribution in [2.24, 2.45) is 5.73 Å². The molecule has 0 fully saturated rings. The second kappa shape index (κ2) is 5.23. The number of rotatable bonds is 4. The zero-order chi connectivity index (χ0) is 9.52. The molecule has 13 heavy (non-hydrogen) atoms. The van der Waals surface area contributed by atoms with E-state index in [-0.39, 0.29) is 0 Å². The Bertz CT molecular complexity index is 301. The van der Waals surface area contributed by atoms with E-state index in [9.17, 15) is 0 Å². The number of ether oxygens (including phenoxy) is 1. The lowest BCUT2D eigenvalue weighted by atomic mass is 10.1. The highest BCUT2D eigenvalue weighted by molar-refractivity contribution is 5.28. The lowest BCUT2D eigenvalue weighted by Crippen LogP contribution is -2.03. The fourth-order valence-electron chi connectivity index (χ4n) is 1.08. The molecule has 0 bridgehead atoms. The van der Waals surface area contributed by atoms with Crippen LogP contribution in [0.2, 0.25) is 0 Å². The van der Waals surface area contributed by atoms with Crippen LogP contribution in [0, 0.1) is 12.3 Å². The third kappa shape index (κ3) is 3.18. The van der Waals surface area contributed by atoms with Gasteiger partial charge in [-0.3, -0.25) is 0 Å². The summed E-state index contributed by atoms with van der Waals surface area (Å²) in [5.74, 6) is 3.23. The number of benzene rings is 1. The second-order valence-corrected chi connectivity index (χ2v) is 2.68. The van der Waals surface area contributed by atoms with Crippen LogP contribution >= 0.6 is 0 Å². The van der Waals surface area contributed by atoms with Gasteiger partial charge in [0.05, 0.1) is 0 Å². The summed E-state index contributed by atoms with van der Waals surface area (Å²) >= 11 is 0. The predicted octanol–water partition coefficient (Wildman–Crippen LogP) is 1.20. The summed E-state index contributed by atoms with van der Waals surface area (Å²) < 4.78 is 5.27. The van der Waals surface area contributed by atoms with Gasteiger partial charge >= 0.3 is 0 Å². The van der Waals surface area contributed by atoms with Gasteiger partial charge in [0.2, 0.25) is 0 Å². The average Bonchev–Trinajstić information content (AvgIpc) is 2.16. The number of hydrogen-bond acceptors (Lipinski definition) is 2. The van der Waals surface area contributed by atoms with Gasteiger partial charge in [-0.2, -0.15) is 0 Å².